The van der Waals surface area contributed by atoms with E-state index in [-0.39, 0.29) is 29.1 Å². The molecule has 2 heterocycles. The first-order valence-electron chi connectivity index (χ1n) is 9.98. The van der Waals surface area contributed by atoms with Gasteiger partial charge in [0, 0.05) is 42.0 Å². The molecular formula is C21H27N7O5. The number of ether oxygens (including phenoxy) is 2. The Morgan fingerprint density at radius 3 is 2.30 bits per heavy atom. The summed E-state index contributed by atoms with van der Waals surface area (Å²) in [5.74, 6) is -0.265. The fourth-order valence-corrected chi connectivity index (χ4v) is 3.09. The molecule has 0 atom stereocenters. The van der Waals surface area contributed by atoms with Crippen LogP contribution in [0.1, 0.15) is 29.9 Å². The Morgan fingerprint density at radius 2 is 1.79 bits per heavy atom. The standard InChI is InChI=1S/C21H27N7O5/c1-21(2,23)10-24-15-7-12(8-16(29)30)26-20-17(18(22)31)19(27-28(15)20)25-11-5-13(32-3)9-14(6-11)33-4/h5-7,9,24H,8,10,23H2,1-4H3,(H2,22,31)(H,25,27)(H,29,30). The van der Waals surface area contributed by atoms with Crippen LogP contribution in [0.15, 0.2) is 24.3 Å². The zero-order valence-electron chi connectivity index (χ0n) is 18.8. The average Bonchev–Trinajstić information content (AvgIpc) is 3.08. The molecule has 176 valence electrons. The quantitative estimate of drug-likeness (QED) is 0.298. The van der Waals surface area contributed by atoms with E-state index in [1.54, 1.807) is 24.3 Å². The molecular weight excluding hydrogens is 430 g/mol. The van der Waals surface area contributed by atoms with Crippen molar-refractivity contribution in [1.82, 2.24) is 14.6 Å². The molecule has 3 rings (SSSR count). The van der Waals surface area contributed by atoms with Gasteiger partial charge in [0.15, 0.2) is 11.5 Å². The van der Waals surface area contributed by atoms with Gasteiger partial charge in [-0.15, -0.1) is 5.10 Å². The number of anilines is 3. The average molecular weight is 457 g/mol. The minimum atomic E-state index is -1.07. The molecule has 0 saturated heterocycles. The normalized spacial score (nSPS) is 11.3. The SMILES string of the molecule is COc1cc(Nc2nn3c(NCC(C)(C)N)cc(CC(=O)O)nc3c2C(N)=O)cc(OC)c1. The highest BCUT2D eigenvalue weighted by Crippen LogP contribution is 2.30. The summed E-state index contributed by atoms with van der Waals surface area (Å²) in [6.07, 6.45) is -0.351. The summed E-state index contributed by atoms with van der Waals surface area (Å²) in [7, 11) is 3.03. The monoisotopic (exact) mass is 457 g/mol. The van der Waals surface area contributed by atoms with Crippen LogP contribution < -0.4 is 31.6 Å². The molecule has 12 nitrogen and oxygen atoms in total. The third-order valence-corrected chi connectivity index (χ3v) is 4.56. The van der Waals surface area contributed by atoms with Gasteiger partial charge in [-0.05, 0) is 13.8 Å². The number of hydrogen-bond donors (Lipinski definition) is 5. The first-order valence-corrected chi connectivity index (χ1v) is 9.98. The van der Waals surface area contributed by atoms with Crippen LogP contribution in [0.5, 0.6) is 11.5 Å². The maximum Gasteiger partial charge on any atom is 0.309 e. The first-order chi connectivity index (χ1) is 15.5. The molecule has 0 aliphatic rings. The van der Waals surface area contributed by atoms with E-state index in [0.717, 1.165) is 0 Å². The van der Waals surface area contributed by atoms with Crippen molar-refractivity contribution in [1.29, 1.82) is 0 Å². The van der Waals surface area contributed by atoms with E-state index in [1.165, 1.54) is 18.7 Å². The van der Waals surface area contributed by atoms with Crippen LogP contribution in [0, 0.1) is 0 Å². The largest absolute Gasteiger partial charge is 0.497 e. The van der Waals surface area contributed by atoms with Crippen molar-refractivity contribution in [3.63, 3.8) is 0 Å². The molecule has 0 aliphatic carbocycles. The van der Waals surface area contributed by atoms with Crippen LogP contribution in [0.3, 0.4) is 0 Å². The molecule has 0 saturated carbocycles. The summed E-state index contributed by atoms with van der Waals surface area (Å²) < 4.78 is 11.9. The lowest BCUT2D eigenvalue weighted by Crippen LogP contribution is -2.40. The van der Waals surface area contributed by atoms with Crippen molar-refractivity contribution in [2.24, 2.45) is 11.5 Å². The van der Waals surface area contributed by atoms with Crippen molar-refractivity contribution in [3.8, 4) is 11.5 Å². The fourth-order valence-electron chi connectivity index (χ4n) is 3.09. The second kappa shape index (κ2) is 9.20. The molecule has 0 bridgehead atoms. The fraction of sp³-hybridized carbons (Fsp3) is 0.333. The molecule has 0 fully saturated rings. The molecule has 2 aromatic heterocycles. The van der Waals surface area contributed by atoms with E-state index in [9.17, 15) is 14.7 Å². The maximum atomic E-state index is 12.4. The highest BCUT2D eigenvalue weighted by atomic mass is 16.5. The number of rotatable bonds is 10. The van der Waals surface area contributed by atoms with E-state index in [2.05, 4.69) is 20.7 Å². The number of nitrogens with two attached hydrogens (primary N) is 2. The van der Waals surface area contributed by atoms with Crippen molar-refractivity contribution in [3.05, 3.63) is 35.5 Å². The minimum absolute atomic E-state index is 0.000848. The number of primary amides is 1. The number of hydrogen-bond acceptors (Lipinski definition) is 9. The second-order valence-corrected chi connectivity index (χ2v) is 8.09. The summed E-state index contributed by atoms with van der Waals surface area (Å²) in [5.41, 5.74) is 12.0. The number of nitrogens with zero attached hydrogens (tertiary/aromatic N) is 3. The highest BCUT2D eigenvalue weighted by molar-refractivity contribution is 6.04. The molecule has 0 aliphatic heterocycles. The number of aromatic nitrogens is 3. The molecule has 3 aromatic rings. The van der Waals surface area contributed by atoms with E-state index < -0.39 is 17.4 Å². The van der Waals surface area contributed by atoms with Gasteiger partial charge in [-0.2, -0.15) is 4.52 Å². The van der Waals surface area contributed by atoms with Crippen LogP contribution in [-0.4, -0.2) is 57.9 Å². The summed E-state index contributed by atoms with van der Waals surface area (Å²) in [4.78, 5) is 28.0. The number of benzene rings is 1. The molecule has 0 radical (unpaired) electrons. The Balaban J connectivity index is 2.16. The topological polar surface area (TPSA) is 179 Å². The third-order valence-electron chi connectivity index (χ3n) is 4.56. The van der Waals surface area contributed by atoms with Gasteiger partial charge >= 0.3 is 5.97 Å². The van der Waals surface area contributed by atoms with Gasteiger partial charge in [0.25, 0.3) is 5.91 Å². The number of carbonyl (C=O) groups excluding carboxylic acids is 1. The highest BCUT2D eigenvalue weighted by Gasteiger charge is 2.23. The van der Waals surface area contributed by atoms with Gasteiger partial charge in [-0.1, -0.05) is 0 Å². The van der Waals surface area contributed by atoms with Gasteiger partial charge in [-0.3, -0.25) is 9.59 Å². The van der Waals surface area contributed by atoms with Crippen molar-refractivity contribution in [2.75, 3.05) is 31.4 Å². The lowest BCUT2D eigenvalue weighted by molar-refractivity contribution is -0.136. The summed E-state index contributed by atoms with van der Waals surface area (Å²) in [5, 5.41) is 19.9. The van der Waals surface area contributed by atoms with Crippen molar-refractivity contribution < 1.29 is 24.2 Å². The number of carboxylic acids is 1. The molecule has 1 amide bonds. The molecule has 12 heteroatoms. The van der Waals surface area contributed by atoms with Crippen LogP contribution >= 0.6 is 0 Å². The van der Waals surface area contributed by atoms with Crippen LogP contribution in [0.25, 0.3) is 5.65 Å². The predicted molar refractivity (Wildman–Crippen MR) is 122 cm³/mol. The molecule has 1 aromatic carbocycles. The molecule has 7 N–H and O–H groups in total. The van der Waals surface area contributed by atoms with Crippen LogP contribution in [-0.2, 0) is 11.2 Å². The number of methoxy groups -OCH3 is 2. The maximum absolute atomic E-state index is 12.4. The van der Waals surface area contributed by atoms with E-state index in [0.29, 0.717) is 29.5 Å². The van der Waals surface area contributed by atoms with Crippen LogP contribution in [0.4, 0.5) is 17.3 Å². The summed E-state index contributed by atoms with van der Waals surface area (Å²) in [6, 6.07) is 6.62. The lowest BCUT2D eigenvalue weighted by atomic mass is 10.1. The number of amides is 1. The Morgan fingerprint density at radius 1 is 1.15 bits per heavy atom. The van der Waals surface area contributed by atoms with Gasteiger partial charge in [0.1, 0.15) is 22.9 Å². The zero-order valence-corrected chi connectivity index (χ0v) is 18.8. The smallest absolute Gasteiger partial charge is 0.309 e. The molecule has 0 spiro atoms. The summed E-state index contributed by atoms with van der Waals surface area (Å²) in [6.45, 7) is 4.01. The zero-order chi connectivity index (χ0) is 24.3. The van der Waals surface area contributed by atoms with E-state index >= 15 is 0 Å². The first kappa shape index (κ1) is 23.6. The van der Waals surface area contributed by atoms with Crippen LogP contribution in [0.2, 0.25) is 0 Å². The predicted octanol–water partition coefficient (Wildman–Crippen LogP) is 1.37. The third kappa shape index (κ3) is 5.60. The Hall–Kier alpha value is -4.06. The van der Waals surface area contributed by atoms with Gasteiger partial charge in [-0.25, -0.2) is 4.98 Å². The Labute approximate surface area is 189 Å². The molecule has 33 heavy (non-hydrogen) atoms. The number of carbonyl (C=O) groups is 2. The molecule has 0 unspecified atom stereocenters. The second-order valence-electron chi connectivity index (χ2n) is 8.09. The number of fused-ring (bicyclic) bond motifs is 1. The number of carboxylic acid groups (broad SMARTS) is 1. The Kier molecular flexibility index (Phi) is 6.58. The van der Waals surface area contributed by atoms with Gasteiger partial charge in [0.2, 0.25) is 0 Å². The van der Waals surface area contributed by atoms with E-state index in [1.807, 2.05) is 13.8 Å². The van der Waals surface area contributed by atoms with Gasteiger partial charge in [0.05, 0.1) is 26.3 Å². The number of aliphatic carboxylic acids is 1. The van der Waals surface area contributed by atoms with E-state index in [4.69, 9.17) is 20.9 Å². The summed E-state index contributed by atoms with van der Waals surface area (Å²) >= 11 is 0. The lowest BCUT2D eigenvalue weighted by Gasteiger charge is -2.20. The van der Waals surface area contributed by atoms with Crippen molar-refractivity contribution >= 4 is 34.8 Å². The Bertz CT molecular complexity index is 1180. The number of nitrogens with one attached hydrogen (secondary N) is 2. The van der Waals surface area contributed by atoms with Crippen molar-refractivity contribution in [2.45, 2.75) is 25.8 Å². The van der Waals surface area contributed by atoms with Gasteiger partial charge < -0.3 is 36.7 Å². The minimum Gasteiger partial charge on any atom is -0.497 e.